The number of esters is 2. The standard InChI is InChI=1S/C32H56N4O10/c1-19(2)9-23-13-45-31(41)25(11-21(5)6)35-29(39)17-44-18-30(40)36-26(12-22(7)8)32(42)46-14-24(10-20(3)4)34-28(38)16-43-15-27(37)33-23/h19-26H,9-18H2,1-8H3,(H,33,37)(H,34,38)(H,35,39)(H,36,40). The number of rotatable bonds is 8. The molecule has 0 radical (unpaired) electrons. The lowest BCUT2D eigenvalue weighted by Crippen LogP contribution is -2.48. The number of ether oxygens (including phenoxy) is 4. The maximum atomic E-state index is 13.0. The van der Waals surface area contributed by atoms with Gasteiger partial charge in [-0.1, -0.05) is 55.4 Å². The molecule has 0 aliphatic carbocycles. The smallest absolute Gasteiger partial charge is 0.328 e. The first-order valence-corrected chi connectivity index (χ1v) is 16.2. The third kappa shape index (κ3) is 18.6. The summed E-state index contributed by atoms with van der Waals surface area (Å²) in [4.78, 5) is 76.5. The van der Waals surface area contributed by atoms with Crippen LogP contribution >= 0.6 is 0 Å². The summed E-state index contributed by atoms with van der Waals surface area (Å²) in [5.41, 5.74) is 0. The third-order valence-corrected chi connectivity index (χ3v) is 6.68. The van der Waals surface area contributed by atoms with Gasteiger partial charge in [0.25, 0.3) is 0 Å². The van der Waals surface area contributed by atoms with Crippen LogP contribution in [0.4, 0.5) is 0 Å². The second kappa shape index (κ2) is 21.5. The van der Waals surface area contributed by atoms with E-state index >= 15 is 0 Å². The highest BCUT2D eigenvalue weighted by Crippen LogP contribution is 2.11. The van der Waals surface area contributed by atoms with Gasteiger partial charge in [-0.3, -0.25) is 19.2 Å². The summed E-state index contributed by atoms with van der Waals surface area (Å²) in [6, 6.07) is -3.00. The highest BCUT2D eigenvalue weighted by Gasteiger charge is 2.28. The molecule has 1 aliphatic heterocycles. The Balaban J connectivity index is 3.14. The van der Waals surface area contributed by atoms with Crippen molar-refractivity contribution < 1.29 is 47.7 Å². The molecule has 1 heterocycles. The zero-order valence-electron chi connectivity index (χ0n) is 28.8. The summed E-state index contributed by atoms with van der Waals surface area (Å²) in [5, 5.41) is 10.8. The van der Waals surface area contributed by atoms with Crippen molar-refractivity contribution in [2.75, 3.05) is 39.6 Å². The molecule has 1 rings (SSSR count). The summed E-state index contributed by atoms with van der Waals surface area (Å²) in [7, 11) is 0. The van der Waals surface area contributed by atoms with Gasteiger partial charge in [-0.15, -0.1) is 0 Å². The molecule has 0 aromatic heterocycles. The first kappa shape index (κ1) is 40.8. The average Bonchev–Trinajstić information content (AvgIpc) is 2.92. The molecule has 4 amide bonds. The number of carbonyl (C=O) groups excluding carboxylic acids is 6. The first-order chi connectivity index (χ1) is 21.5. The fraction of sp³-hybridized carbons (Fsp3) is 0.812. The highest BCUT2D eigenvalue weighted by atomic mass is 16.5. The lowest BCUT2D eigenvalue weighted by molar-refractivity contribution is -0.151. The van der Waals surface area contributed by atoms with E-state index in [2.05, 4.69) is 21.3 Å². The van der Waals surface area contributed by atoms with Crippen molar-refractivity contribution in [3.63, 3.8) is 0 Å². The Morgan fingerprint density at radius 3 is 1.04 bits per heavy atom. The van der Waals surface area contributed by atoms with E-state index in [1.807, 2.05) is 55.4 Å². The van der Waals surface area contributed by atoms with Crippen molar-refractivity contribution in [1.82, 2.24) is 21.3 Å². The van der Waals surface area contributed by atoms with Gasteiger partial charge in [-0.05, 0) is 49.4 Å². The van der Waals surface area contributed by atoms with E-state index in [0.717, 1.165) is 0 Å². The van der Waals surface area contributed by atoms with Crippen LogP contribution in [-0.4, -0.2) is 99.4 Å². The average molecular weight is 657 g/mol. The molecule has 0 bridgehead atoms. The second-order valence-corrected chi connectivity index (χ2v) is 13.5. The van der Waals surface area contributed by atoms with Crippen molar-refractivity contribution in [3.05, 3.63) is 0 Å². The second-order valence-electron chi connectivity index (χ2n) is 13.5. The largest absolute Gasteiger partial charge is 0.462 e. The molecule has 0 aromatic carbocycles. The van der Waals surface area contributed by atoms with Crippen LogP contribution in [0.5, 0.6) is 0 Å². The van der Waals surface area contributed by atoms with Gasteiger partial charge in [-0.25, -0.2) is 9.59 Å². The summed E-state index contributed by atoms with van der Waals surface area (Å²) >= 11 is 0. The zero-order valence-corrected chi connectivity index (χ0v) is 28.8. The Morgan fingerprint density at radius 2 is 0.761 bits per heavy atom. The number of nitrogens with one attached hydrogen (secondary N) is 4. The molecule has 0 spiro atoms. The molecule has 4 atom stereocenters. The van der Waals surface area contributed by atoms with Crippen LogP contribution < -0.4 is 21.3 Å². The van der Waals surface area contributed by atoms with Crippen LogP contribution in [0.1, 0.15) is 81.1 Å². The van der Waals surface area contributed by atoms with E-state index in [9.17, 15) is 28.8 Å². The first-order valence-electron chi connectivity index (χ1n) is 16.2. The van der Waals surface area contributed by atoms with E-state index in [-0.39, 0.29) is 36.9 Å². The van der Waals surface area contributed by atoms with E-state index < -0.39 is 86.2 Å². The van der Waals surface area contributed by atoms with E-state index in [1.54, 1.807) is 0 Å². The molecule has 1 fully saturated rings. The lowest BCUT2D eigenvalue weighted by Gasteiger charge is -2.24. The van der Waals surface area contributed by atoms with Crippen LogP contribution in [0.3, 0.4) is 0 Å². The molecule has 4 unspecified atom stereocenters. The summed E-state index contributed by atoms with van der Waals surface area (Å²) in [6.45, 7) is 13.3. The van der Waals surface area contributed by atoms with Crippen LogP contribution in [0, 0.1) is 23.7 Å². The van der Waals surface area contributed by atoms with Crippen LogP contribution in [0.15, 0.2) is 0 Å². The van der Waals surface area contributed by atoms with Crippen LogP contribution in [-0.2, 0) is 47.7 Å². The van der Waals surface area contributed by atoms with Gasteiger partial charge in [0.05, 0.1) is 12.1 Å². The van der Waals surface area contributed by atoms with Crippen molar-refractivity contribution in [1.29, 1.82) is 0 Å². The molecule has 1 saturated heterocycles. The minimum atomic E-state index is -0.975. The lowest BCUT2D eigenvalue weighted by atomic mass is 10.0. The quantitative estimate of drug-likeness (QED) is 0.277. The third-order valence-electron chi connectivity index (χ3n) is 6.68. The molecule has 14 nitrogen and oxygen atoms in total. The van der Waals surface area contributed by atoms with Crippen molar-refractivity contribution >= 4 is 35.6 Å². The molecule has 14 heteroatoms. The van der Waals surface area contributed by atoms with Crippen LogP contribution in [0.2, 0.25) is 0 Å². The van der Waals surface area contributed by atoms with Gasteiger partial charge >= 0.3 is 11.9 Å². The summed E-state index contributed by atoms with van der Waals surface area (Å²) < 4.78 is 21.7. The number of hydrogen-bond donors (Lipinski definition) is 4. The highest BCUT2D eigenvalue weighted by molar-refractivity contribution is 5.87. The van der Waals surface area contributed by atoms with Gasteiger partial charge in [0.2, 0.25) is 23.6 Å². The minimum absolute atomic E-state index is 0.0372. The Labute approximate surface area is 273 Å². The summed E-state index contributed by atoms with van der Waals surface area (Å²) in [5.74, 6) is -3.15. The fourth-order valence-electron chi connectivity index (χ4n) is 4.90. The molecule has 264 valence electrons. The van der Waals surface area contributed by atoms with Gasteiger partial charge < -0.3 is 40.2 Å². The maximum Gasteiger partial charge on any atom is 0.328 e. The van der Waals surface area contributed by atoms with Crippen LogP contribution in [0.25, 0.3) is 0 Å². The topological polar surface area (TPSA) is 187 Å². The SMILES string of the molecule is CC(C)CC1COC(=O)C(CC(C)C)NC(=O)COCC(=O)NC(CC(C)C)C(=O)OCC(CC(C)C)NC(=O)COCC(=O)N1. The number of cyclic esters (lactones) is 2. The van der Waals surface area contributed by atoms with E-state index in [4.69, 9.17) is 18.9 Å². The minimum Gasteiger partial charge on any atom is -0.462 e. The van der Waals surface area contributed by atoms with Gasteiger partial charge in [0.1, 0.15) is 51.7 Å². The predicted octanol–water partition coefficient (Wildman–Crippen LogP) is 1.24. The van der Waals surface area contributed by atoms with Gasteiger partial charge in [-0.2, -0.15) is 0 Å². The van der Waals surface area contributed by atoms with Crippen molar-refractivity contribution in [3.8, 4) is 0 Å². The predicted molar refractivity (Wildman–Crippen MR) is 169 cm³/mol. The Kier molecular flexibility index (Phi) is 19.1. The number of carbonyl (C=O) groups is 6. The Hall–Kier alpha value is -3.26. The zero-order chi connectivity index (χ0) is 34.8. The fourth-order valence-corrected chi connectivity index (χ4v) is 4.90. The molecule has 0 aromatic rings. The monoisotopic (exact) mass is 656 g/mol. The van der Waals surface area contributed by atoms with Crippen molar-refractivity contribution in [2.45, 2.75) is 105 Å². The van der Waals surface area contributed by atoms with Gasteiger partial charge in [0, 0.05) is 0 Å². The number of hydrogen-bond acceptors (Lipinski definition) is 10. The van der Waals surface area contributed by atoms with E-state index in [0.29, 0.717) is 25.7 Å². The molecule has 0 saturated carbocycles. The molecular formula is C32H56N4O10. The maximum absolute atomic E-state index is 13.0. The normalized spacial score (nSPS) is 24.5. The number of amides is 4. The molecule has 4 N–H and O–H groups in total. The van der Waals surface area contributed by atoms with Gasteiger partial charge in [0.15, 0.2) is 0 Å². The Morgan fingerprint density at radius 1 is 0.478 bits per heavy atom. The molecular weight excluding hydrogens is 600 g/mol. The molecule has 46 heavy (non-hydrogen) atoms. The van der Waals surface area contributed by atoms with Crippen molar-refractivity contribution in [2.24, 2.45) is 23.7 Å². The van der Waals surface area contributed by atoms with E-state index in [1.165, 1.54) is 0 Å². The summed E-state index contributed by atoms with van der Waals surface area (Å²) in [6.07, 6.45) is 1.59. The molecule has 1 aliphatic rings. The Bertz CT molecular complexity index is 925.